The molecule has 1 atom stereocenters. The number of rotatable bonds is 5. The third-order valence-electron chi connectivity index (χ3n) is 13.7. The van der Waals surface area contributed by atoms with Crippen molar-refractivity contribution in [3.63, 3.8) is 0 Å². The lowest BCUT2D eigenvalue weighted by Gasteiger charge is -2.19. The van der Waals surface area contributed by atoms with Crippen LogP contribution in [0.1, 0.15) is 17.9 Å². The van der Waals surface area contributed by atoms with Gasteiger partial charge >= 0.3 is 0 Å². The molecule has 1 aliphatic carbocycles. The van der Waals surface area contributed by atoms with Gasteiger partial charge in [0.05, 0.1) is 22.1 Å². The van der Waals surface area contributed by atoms with E-state index in [1.807, 2.05) is 23.5 Å². The summed E-state index contributed by atoms with van der Waals surface area (Å²) in [5.41, 5.74) is 15.1. The molecule has 3 nitrogen and oxygen atoms in total. The van der Waals surface area contributed by atoms with Gasteiger partial charge in [0, 0.05) is 75.4 Å². The van der Waals surface area contributed by atoms with Crippen LogP contribution < -0.4 is 0 Å². The maximum atomic E-state index is 6.40. The number of nitrogens with zero attached hydrogens (tertiary/aromatic N) is 2. The molecule has 14 rings (SSSR count). The SMILES string of the molecule is C1=CC(c2cccc3c2sc2ccccc23)CC=C1n1c2ccccc2c2cc(-c3ccc4c(c3)c3ccccc3n4-c3ccc(-c4cccc5c4oc4ccccc45)cc3)ccc21. The van der Waals surface area contributed by atoms with E-state index in [1.165, 1.54) is 86.2 Å². The summed E-state index contributed by atoms with van der Waals surface area (Å²) in [5, 5.41) is 10.0. The van der Waals surface area contributed by atoms with Crippen molar-refractivity contribution in [3.05, 3.63) is 218 Å². The van der Waals surface area contributed by atoms with E-state index in [1.54, 1.807) is 0 Å². The molecule has 4 heterocycles. The lowest BCUT2D eigenvalue weighted by molar-refractivity contribution is 0.670. The Morgan fingerprint density at radius 1 is 0.453 bits per heavy atom. The number of hydrogen-bond donors (Lipinski definition) is 0. The molecule has 64 heavy (non-hydrogen) atoms. The first-order valence-corrected chi connectivity index (χ1v) is 22.9. The fourth-order valence-electron chi connectivity index (χ4n) is 10.7. The summed E-state index contributed by atoms with van der Waals surface area (Å²) in [6, 6.07) is 70.9. The number of furan rings is 1. The van der Waals surface area contributed by atoms with Crippen molar-refractivity contribution >= 4 is 103 Å². The van der Waals surface area contributed by atoms with Crippen LogP contribution in [0.15, 0.2) is 217 Å². The number of aromatic nitrogens is 2. The van der Waals surface area contributed by atoms with Crippen LogP contribution in [-0.4, -0.2) is 9.13 Å². The lowest BCUT2D eigenvalue weighted by atomic mass is 9.90. The monoisotopic (exact) mass is 834 g/mol. The standard InChI is InChI=1S/C60H38N2OS/c1-5-19-53-45(11-1)51-35-39(27-33-55(51)61(53)41-29-23-37(24-30-41)43-15-9-17-49-47-13-3-7-21-57(47)63-59(43)49)40-28-34-56-52(36-40)46-12-2-6-20-54(46)62(56)42-31-25-38(26-32-42)44-16-10-18-50-48-14-4-8-22-58(48)64-60(44)50/h1-25,27-36,38H,26H2. The Bertz CT molecular complexity index is 4110. The second kappa shape index (κ2) is 13.8. The summed E-state index contributed by atoms with van der Waals surface area (Å²) in [4.78, 5) is 0. The topological polar surface area (TPSA) is 23.0 Å². The molecule has 0 fully saturated rings. The molecular weight excluding hydrogens is 797 g/mol. The van der Waals surface area contributed by atoms with Crippen LogP contribution in [0.25, 0.3) is 119 Å². The molecule has 4 aromatic heterocycles. The molecule has 13 aromatic rings. The van der Waals surface area contributed by atoms with Crippen molar-refractivity contribution in [1.29, 1.82) is 0 Å². The molecule has 9 aromatic carbocycles. The molecular formula is C60H38N2OS. The zero-order valence-corrected chi connectivity index (χ0v) is 35.5. The third-order valence-corrected chi connectivity index (χ3v) is 14.9. The van der Waals surface area contributed by atoms with E-state index in [2.05, 4.69) is 209 Å². The number of fused-ring (bicyclic) bond motifs is 12. The average molecular weight is 835 g/mol. The van der Waals surface area contributed by atoms with E-state index in [0.29, 0.717) is 5.92 Å². The minimum absolute atomic E-state index is 0.337. The minimum atomic E-state index is 0.337. The predicted molar refractivity (Wildman–Crippen MR) is 272 cm³/mol. The van der Waals surface area contributed by atoms with E-state index in [9.17, 15) is 0 Å². The Labute approximate surface area is 372 Å². The first-order chi connectivity index (χ1) is 31.7. The number of hydrogen-bond acceptors (Lipinski definition) is 2. The Morgan fingerprint density at radius 3 is 1.80 bits per heavy atom. The van der Waals surface area contributed by atoms with Crippen LogP contribution in [0.2, 0.25) is 0 Å². The van der Waals surface area contributed by atoms with E-state index in [0.717, 1.165) is 45.2 Å². The van der Waals surface area contributed by atoms with Gasteiger partial charge in [-0.1, -0.05) is 146 Å². The molecule has 0 spiro atoms. The third kappa shape index (κ3) is 5.27. The van der Waals surface area contributed by atoms with Crippen molar-refractivity contribution < 1.29 is 4.42 Å². The second-order valence-electron chi connectivity index (χ2n) is 17.1. The minimum Gasteiger partial charge on any atom is -0.455 e. The molecule has 0 saturated heterocycles. The summed E-state index contributed by atoms with van der Waals surface area (Å²) in [6.45, 7) is 0. The molecule has 4 heteroatoms. The van der Waals surface area contributed by atoms with Gasteiger partial charge in [-0.15, -0.1) is 11.3 Å². The highest BCUT2D eigenvalue weighted by Gasteiger charge is 2.21. The van der Waals surface area contributed by atoms with E-state index >= 15 is 0 Å². The fraction of sp³-hybridized carbons (Fsp3) is 0.0333. The van der Waals surface area contributed by atoms with Crippen LogP contribution >= 0.6 is 11.3 Å². The van der Waals surface area contributed by atoms with Crippen LogP contribution in [0.4, 0.5) is 0 Å². The van der Waals surface area contributed by atoms with Crippen molar-refractivity contribution in [2.24, 2.45) is 0 Å². The van der Waals surface area contributed by atoms with Crippen LogP contribution in [0.3, 0.4) is 0 Å². The van der Waals surface area contributed by atoms with E-state index in [-0.39, 0.29) is 0 Å². The summed E-state index contributed by atoms with van der Waals surface area (Å²) in [6.07, 6.45) is 8.17. The van der Waals surface area contributed by atoms with Gasteiger partial charge in [-0.2, -0.15) is 0 Å². The molecule has 0 bridgehead atoms. The summed E-state index contributed by atoms with van der Waals surface area (Å²) in [5.74, 6) is 0.337. The summed E-state index contributed by atoms with van der Waals surface area (Å²) < 4.78 is 14.0. The van der Waals surface area contributed by atoms with Gasteiger partial charge in [0.1, 0.15) is 11.2 Å². The maximum Gasteiger partial charge on any atom is 0.143 e. The van der Waals surface area contributed by atoms with Crippen LogP contribution in [0.5, 0.6) is 0 Å². The highest BCUT2D eigenvalue weighted by Crippen LogP contribution is 2.43. The zero-order chi connectivity index (χ0) is 41.9. The van der Waals surface area contributed by atoms with Gasteiger partial charge in [0.15, 0.2) is 0 Å². The fourth-order valence-corrected chi connectivity index (χ4v) is 12.0. The maximum absolute atomic E-state index is 6.40. The lowest BCUT2D eigenvalue weighted by Crippen LogP contribution is -2.03. The smallest absolute Gasteiger partial charge is 0.143 e. The molecule has 1 aliphatic rings. The first kappa shape index (κ1) is 35.7. The van der Waals surface area contributed by atoms with Crippen LogP contribution in [-0.2, 0) is 0 Å². The first-order valence-electron chi connectivity index (χ1n) is 22.1. The molecule has 0 saturated carbocycles. The Morgan fingerprint density at radius 2 is 1.05 bits per heavy atom. The molecule has 300 valence electrons. The molecule has 0 N–H and O–H groups in total. The number of para-hydroxylation sites is 4. The molecule has 0 aliphatic heterocycles. The van der Waals surface area contributed by atoms with Crippen LogP contribution in [0, 0.1) is 0 Å². The van der Waals surface area contributed by atoms with Gasteiger partial charge < -0.3 is 13.6 Å². The highest BCUT2D eigenvalue weighted by molar-refractivity contribution is 7.26. The second-order valence-corrected chi connectivity index (χ2v) is 18.2. The number of thiophene rings is 1. The van der Waals surface area contributed by atoms with Gasteiger partial charge in [-0.3, -0.25) is 0 Å². The van der Waals surface area contributed by atoms with E-state index in [4.69, 9.17) is 4.42 Å². The number of benzene rings is 9. The summed E-state index contributed by atoms with van der Waals surface area (Å²) in [7, 11) is 0. The Balaban J connectivity index is 0.825. The highest BCUT2D eigenvalue weighted by atomic mass is 32.1. The van der Waals surface area contributed by atoms with Crippen molar-refractivity contribution in [3.8, 4) is 27.9 Å². The van der Waals surface area contributed by atoms with Gasteiger partial charge in [-0.25, -0.2) is 0 Å². The Hall–Kier alpha value is -7.92. The van der Waals surface area contributed by atoms with Gasteiger partial charge in [0.2, 0.25) is 0 Å². The number of allylic oxidation sites excluding steroid dienone is 4. The molecule has 0 radical (unpaired) electrons. The predicted octanol–water partition coefficient (Wildman–Crippen LogP) is 17.1. The average Bonchev–Trinajstić information content (AvgIpc) is 4.12. The normalized spacial score (nSPS) is 14.4. The Kier molecular flexibility index (Phi) is 7.68. The van der Waals surface area contributed by atoms with Crippen molar-refractivity contribution in [2.45, 2.75) is 12.3 Å². The van der Waals surface area contributed by atoms with Crippen molar-refractivity contribution in [1.82, 2.24) is 9.13 Å². The van der Waals surface area contributed by atoms with Crippen molar-refractivity contribution in [2.75, 3.05) is 0 Å². The molecule has 0 amide bonds. The molecule has 1 unspecified atom stereocenters. The summed E-state index contributed by atoms with van der Waals surface area (Å²) >= 11 is 1.92. The quantitative estimate of drug-likeness (QED) is 0.169. The van der Waals surface area contributed by atoms with E-state index < -0.39 is 0 Å². The largest absolute Gasteiger partial charge is 0.455 e. The zero-order valence-electron chi connectivity index (χ0n) is 34.7. The van der Waals surface area contributed by atoms with Gasteiger partial charge in [0.25, 0.3) is 0 Å². The van der Waals surface area contributed by atoms with Gasteiger partial charge in [-0.05, 0) is 95.4 Å².